The minimum atomic E-state index is -1.28. The van der Waals surface area contributed by atoms with Gasteiger partial charge in [-0.15, -0.1) is 0 Å². The third kappa shape index (κ3) is 7.70. The van der Waals surface area contributed by atoms with Gasteiger partial charge in [0.15, 0.2) is 0 Å². The normalized spacial score (nSPS) is 8.15. The third-order valence-electron chi connectivity index (χ3n) is 0.874. The van der Waals surface area contributed by atoms with E-state index in [9.17, 15) is 19.2 Å². The number of hydrogen-bond acceptors (Lipinski definition) is 5. The Hall–Kier alpha value is -0.650. The summed E-state index contributed by atoms with van der Waals surface area (Å²) in [5.74, 6) is -3.59. The van der Waals surface area contributed by atoms with Gasteiger partial charge in [-0.1, -0.05) is 0 Å². The maximum Gasteiger partial charge on any atom is 0.382 e. The second-order valence-corrected chi connectivity index (χ2v) is 2.18. The maximum atomic E-state index is 10.6. The Bertz CT molecular complexity index is 219. The van der Waals surface area contributed by atoms with Gasteiger partial charge in [-0.25, -0.2) is 4.79 Å². The van der Waals surface area contributed by atoms with Gasteiger partial charge in [0.05, 0.1) is 6.42 Å². The molecule has 0 saturated carbocycles. The summed E-state index contributed by atoms with van der Waals surface area (Å²) in [7, 11) is 0. The Morgan fingerprint density at radius 2 is 1.54 bits per heavy atom. The standard InChI is InChI=1S/C7H8O5.Hf/c1-4(8)3-6(10)7(11)12-5(2)9;/h3H2,1-2H3;. The molecule has 0 atom stereocenters. The fourth-order valence-electron chi connectivity index (χ4n) is 0.486. The minimum absolute atomic E-state index is 0. The van der Waals surface area contributed by atoms with Gasteiger partial charge in [-0.2, -0.15) is 0 Å². The Morgan fingerprint density at radius 3 is 1.85 bits per heavy atom. The van der Waals surface area contributed by atoms with Crippen molar-refractivity contribution in [1.82, 2.24) is 0 Å². The second-order valence-electron chi connectivity index (χ2n) is 2.18. The van der Waals surface area contributed by atoms with Gasteiger partial charge in [-0.05, 0) is 6.92 Å². The summed E-state index contributed by atoms with van der Waals surface area (Å²) < 4.78 is 3.93. The van der Waals surface area contributed by atoms with Gasteiger partial charge in [-0.3, -0.25) is 14.4 Å². The van der Waals surface area contributed by atoms with Crippen molar-refractivity contribution in [3.63, 3.8) is 0 Å². The van der Waals surface area contributed by atoms with Crippen molar-refractivity contribution in [3.8, 4) is 0 Å². The van der Waals surface area contributed by atoms with Crippen molar-refractivity contribution in [2.45, 2.75) is 20.3 Å². The number of hydrogen-bond donors (Lipinski definition) is 0. The van der Waals surface area contributed by atoms with E-state index in [0.717, 1.165) is 6.92 Å². The zero-order valence-corrected chi connectivity index (χ0v) is 10.8. The summed E-state index contributed by atoms with van der Waals surface area (Å²) in [5.41, 5.74) is 0. The van der Waals surface area contributed by atoms with Gasteiger partial charge in [0, 0.05) is 32.8 Å². The largest absolute Gasteiger partial charge is 0.387 e. The Labute approximate surface area is 93.6 Å². The van der Waals surface area contributed by atoms with Crippen LogP contribution in [0.5, 0.6) is 0 Å². The maximum absolute atomic E-state index is 10.6. The minimum Gasteiger partial charge on any atom is -0.387 e. The van der Waals surface area contributed by atoms with Crippen LogP contribution in [0.15, 0.2) is 0 Å². The van der Waals surface area contributed by atoms with Crippen LogP contribution in [0.1, 0.15) is 20.3 Å². The average molecular weight is 351 g/mol. The molecule has 0 bridgehead atoms. The number of ether oxygens (including phenoxy) is 1. The van der Waals surface area contributed by atoms with Crippen LogP contribution in [0.3, 0.4) is 0 Å². The molecular formula is C7H8HfO5. The molecule has 0 radical (unpaired) electrons. The van der Waals surface area contributed by atoms with E-state index in [-0.39, 0.29) is 25.8 Å². The molecular weight excluding hydrogens is 343 g/mol. The summed E-state index contributed by atoms with van der Waals surface area (Å²) in [5, 5.41) is 0. The van der Waals surface area contributed by atoms with Gasteiger partial charge in [0.1, 0.15) is 5.78 Å². The van der Waals surface area contributed by atoms with Crippen molar-refractivity contribution >= 4 is 23.5 Å². The van der Waals surface area contributed by atoms with E-state index in [1.54, 1.807) is 0 Å². The first-order valence-corrected chi connectivity index (χ1v) is 3.18. The first kappa shape index (κ1) is 14.9. The Balaban J connectivity index is 0. The SMILES string of the molecule is CC(=O)CC(=O)C(=O)OC(C)=O.[Hf]. The summed E-state index contributed by atoms with van der Waals surface area (Å²) in [6, 6.07) is 0. The zero-order chi connectivity index (χ0) is 9.72. The number of esters is 2. The van der Waals surface area contributed by atoms with E-state index >= 15 is 0 Å². The molecule has 0 aromatic heterocycles. The van der Waals surface area contributed by atoms with Gasteiger partial charge in [0.25, 0.3) is 0 Å². The van der Waals surface area contributed by atoms with Gasteiger partial charge >= 0.3 is 11.9 Å². The van der Waals surface area contributed by atoms with Crippen LogP contribution in [0, 0.1) is 0 Å². The van der Waals surface area contributed by atoms with Crippen molar-refractivity contribution in [2.24, 2.45) is 0 Å². The fourth-order valence-corrected chi connectivity index (χ4v) is 0.486. The summed E-state index contributed by atoms with van der Waals surface area (Å²) in [6.45, 7) is 2.16. The molecule has 5 nitrogen and oxygen atoms in total. The molecule has 0 spiro atoms. The number of ketones is 2. The molecule has 13 heavy (non-hydrogen) atoms. The molecule has 0 rings (SSSR count). The van der Waals surface area contributed by atoms with Crippen LogP contribution in [-0.2, 0) is 49.8 Å². The van der Waals surface area contributed by atoms with Gasteiger partial charge < -0.3 is 4.74 Å². The topological polar surface area (TPSA) is 77.5 Å². The average Bonchev–Trinajstić information content (AvgIpc) is 1.84. The summed E-state index contributed by atoms with van der Waals surface area (Å²) >= 11 is 0. The molecule has 0 heterocycles. The van der Waals surface area contributed by atoms with Gasteiger partial charge in [0.2, 0.25) is 5.78 Å². The van der Waals surface area contributed by atoms with Crippen molar-refractivity contribution < 1.29 is 49.8 Å². The molecule has 0 aromatic carbocycles. The molecule has 0 aliphatic rings. The monoisotopic (exact) mass is 352 g/mol. The van der Waals surface area contributed by atoms with E-state index in [1.165, 1.54) is 6.92 Å². The molecule has 0 amide bonds. The molecule has 0 saturated heterocycles. The number of carbonyl (C=O) groups excluding carboxylic acids is 4. The van der Waals surface area contributed by atoms with Crippen LogP contribution in [0.4, 0.5) is 0 Å². The molecule has 0 aliphatic carbocycles. The molecule has 0 fully saturated rings. The molecule has 0 aliphatic heterocycles. The molecule has 0 unspecified atom stereocenters. The van der Waals surface area contributed by atoms with E-state index in [4.69, 9.17) is 0 Å². The molecule has 0 N–H and O–H groups in total. The molecule has 6 heteroatoms. The Morgan fingerprint density at radius 1 is 1.08 bits per heavy atom. The predicted molar refractivity (Wildman–Crippen MR) is 37.1 cm³/mol. The van der Waals surface area contributed by atoms with Crippen molar-refractivity contribution in [1.29, 1.82) is 0 Å². The predicted octanol–water partition coefficient (Wildman–Crippen LogP) is -0.378. The third-order valence-corrected chi connectivity index (χ3v) is 0.874. The number of carbonyl (C=O) groups is 4. The zero-order valence-electron chi connectivity index (χ0n) is 7.25. The molecule has 70 valence electrons. The Kier molecular flexibility index (Phi) is 7.79. The van der Waals surface area contributed by atoms with E-state index < -0.39 is 29.9 Å². The van der Waals surface area contributed by atoms with Crippen LogP contribution >= 0.6 is 0 Å². The van der Waals surface area contributed by atoms with Crippen molar-refractivity contribution in [3.05, 3.63) is 0 Å². The first-order chi connectivity index (χ1) is 5.43. The fraction of sp³-hybridized carbons (Fsp3) is 0.429. The number of Topliss-reactive ketones (excluding diaryl/α,β-unsaturated/α-hetero) is 2. The second kappa shape index (κ2) is 6.82. The summed E-state index contributed by atoms with van der Waals surface area (Å²) in [4.78, 5) is 41.7. The van der Waals surface area contributed by atoms with Crippen molar-refractivity contribution in [2.75, 3.05) is 0 Å². The van der Waals surface area contributed by atoms with Crippen LogP contribution in [-0.4, -0.2) is 23.5 Å². The smallest absolute Gasteiger partial charge is 0.382 e. The van der Waals surface area contributed by atoms with E-state index in [1.807, 2.05) is 0 Å². The summed E-state index contributed by atoms with van der Waals surface area (Å²) in [6.07, 6.45) is -0.522. The van der Waals surface area contributed by atoms with Crippen LogP contribution in [0.2, 0.25) is 0 Å². The van der Waals surface area contributed by atoms with E-state index in [0.29, 0.717) is 0 Å². The van der Waals surface area contributed by atoms with Crippen LogP contribution < -0.4 is 0 Å². The number of rotatable bonds is 3. The van der Waals surface area contributed by atoms with Crippen LogP contribution in [0.25, 0.3) is 0 Å². The first-order valence-electron chi connectivity index (χ1n) is 3.18. The van der Waals surface area contributed by atoms with E-state index in [2.05, 4.69) is 4.74 Å². The molecule has 0 aromatic rings. The quantitative estimate of drug-likeness (QED) is 0.300.